The van der Waals surface area contributed by atoms with Crippen LogP contribution in [-0.2, 0) is 19.1 Å². The van der Waals surface area contributed by atoms with Crippen molar-refractivity contribution in [1.29, 1.82) is 0 Å². The molecule has 0 aliphatic rings. The fraction of sp³-hybridized carbons (Fsp3) is 0.333. The maximum absolute atomic E-state index is 13.4. The van der Waals surface area contributed by atoms with Gasteiger partial charge in [-0.05, 0) is 26.0 Å². The Labute approximate surface area is 126 Å². The van der Waals surface area contributed by atoms with Crippen LogP contribution < -0.4 is 5.32 Å². The minimum atomic E-state index is -1.19. The first-order chi connectivity index (χ1) is 10.3. The van der Waals surface area contributed by atoms with Crippen LogP contribution in [0.3, 0.4) is 0 Å². The summed E-state index contributed by atoms with van der Waals surface area (Å²) >= 11 is 0. The number of carbonyl (C=O) groups is 2. The molecular weight excluding hydrogens is 296 g/mol. The van der Waals surface area contributed by atoms with Crippen molar-refractivity contribution in [2.45, 2.75) is 26.1 Å². The van der Waals surface area contributed by atoms with Gasteiger partial charge in [-0.25, -0.2) is 13.6 Å². The van der Waals surface area contributed by atoms with Crippen molar-refractivity contribution >= 4 is 17.6 Å². The molecule has 7 heteroatoms. The molecule has 2 unspecified atom stereocenters. The minimum absolute atomic E-state index is 0.158. The second kappa shape index (κ2) is 8.23. The molecule has 0 saturated heterocycles. The summed E-state index contributed by atoms with van der Waals surface area (Å²) in [6.07, 6.45) is -0.601. The SMILES string of the molecule is C=CCOC(C)C(=O)OC(C)C(=O)Nc1cc(F)ccc1F. The number of halogens is 2. The topological polar surface area (TPSA) is 64.6 Å². The first kappa shape index (κ1) is 17.8. The van der Waals surface area contributed by atoms with Crippen molar-refractivity contribution in [3.05, 3.63) is 42.5 Å². The van der Waals surface area contributed by atoms with Crippen molar-refractivity contribution in [3.8, 4) is 0 Å². The van der Waals surface area contributed by atoms with E-state index in [0.29, 0.717) is 0 Å². The summed E-state index contributed by atoms with van der Waals surface area (Å²) in [6, 6.07) is 2.64. The van der Waals surface area contributed by atoms with E-state index in [9.17, 15) is 18.4 Å². The number of amides is 1. The highest BCUT2D eigenvalue weighted by atomic mass is 19.1. The third kappa shape index (κ3) is 5.25. The predicted molar refractivity (Wildman–Crippen MR) is 76.2 cm³/mol. The maximum Gasteiger partial charge on any atom is 0.335 e. The quantitative estimate of drug-likeness (QED) is 0.620. The second-order valence-electron chi connectivity index (χ2n) is 4.46. The molecule has 0 radical (unpaired) electrons. The van der Waals surface area contributed by atoms with Crippen molar-refractivity contribution in [2.75, 3.05) is 11.9 Å². The molecule has 0 bridgehead atoms. The number of hydrogen-bond donors (Lipinski definition) is 1. The van der Waals surface area contributed by atoms with Gasteiger partial charge in [0.2, 0.25) is 0 Å². The van der Waals surface area contributed by atoms with Gasteiger partial charge in [-0.2, -0.15) is 0 Å². The highest BCUT2D eigenvalue weighted by Crippen LogP contribution is 2.15. The molecule has 120 valence electrons. The Morgan fingerprint density at radius 1 is 1.32 bits per heavy atom. The zero-order valence-electron chi connectivity index (χ0n) is 12.3. The van der Waals surface area contributed by atoms with Crippen molar-refractivity contribution in [1.82, 2.24) is 0 Å². The fourth-order valence-corrected chi connectivity index (χ4v) is 1.43. The zero-order valence-corrected chi connectivity index (χ0v) is 12.3. The molecule has 1 amide bonds. The van der Waals surface area contributed by atoms with Gasteiger partial charge in [0.25, 0.3) is 5.91 Å². The van der Waals surface area contributed by atoms with Gasteiger partial charge in [-0.3, -0.25) is 4.79 Å². The Hall–Kier alpha value is -2.28. The van der Waals surface area contributed by atoms with E-state index in [0.717, 1.165) is 18.2 Å². The number of anilines is 1. The molecule has 0 fully saturated rings. The summed E-state index contributed by atoms with van der Waals surface area (Å²) in [5, 5.41) is 2.15. The van der Waals surface area contributed by atoms with Crippen LogP contribution in [-0.4, -0.2) is 30.7 Å². The lowest BCUT2D eigenvalue weighted by Gasteiger charge is -2.16. The Morgan fingerprint density at radius 2 is 2.00 bits per heavy atom. The molecule has 5 nitrogen and oxygen atoms in total. The molecule has 1 N–H and O–H groups in total. The number of carbonyl (C=O) groups excluding carboxylic acids is 2. The summed E-state index contributed by atoms with van der Waals surface area (Å²) in [7, 11) is 0. The summed E-state index contributed by atoms with van der Waals surface area (Å²) in [4.78, 5) is 23.5. The molecular formula is C15H17F2NO4. The van der Waals surface area contributed by atoms with Crippen LogP contribution in [0.5, 0.6) is 0 Å². The molecule has 1 rings (SSSR count). The van der Waals surface area contributed by atoms with Crippen LogP contribution in [0.4, 0.5) is 14.5 Å². The molecule has 0 heterocycles. The Morgan fingerprint density at radius 3 is 2.64 bits per heavy atom. The molecule has 0 saturated carbocycles. The molecule has 2 atom stereocenters. The summed E-state index contributed by atoms with van der Waals surface area (Å²) < 4.78 is 36.3. The lowest BCUT2D eigenvalue weighted by molar-refractivity contribution is -0.163. The largest absolute Gasteiger partial charge is 0.451 e. The van der Waals surface area contributed by atoms with E-state index in [1.54, 1.807) is 0 Å². The monoisotopic (exact) mass is 313 g/mol. The third-order valence-electron chi connectivity index (χ3n) is 2.64. The van der Waals surface area contributed by atoms with E-state index in [4.69, 9.17) is 9.47 Å². The number of ether oxygens (including phenoxy) is 2. The smallest absolute Gasteiger partial charge is 0.335 e. The van der Waals surface area contributed by atoms with Crippen molar-refractivity contribution in [3.63, 3.8) is 0 Å². The van der Waals surface area contributed by atoms with Gasteiger partial charge < -0.3 is 14.8 Å². The van der Waals surface area contributed by atoms with E-state index < -0.39 is 35.7 Å². The lowest BCUT2D eigenvalue weighted by atomic mass is 10.2. The van der Waals surface area contributed by atoms with Gasteiger partial charge in [0.1, 0.15) is 11.6 Å². The standard InChI is InChI=1S/C15H17F2NO4/c1-4-7-21-10(3)15(20)22-9(2)14(19)18-13-8-11(16)5-6-12(13)17/h4-6,8-10H,1,7H2,2-3H3,(H,18,19). The van der Waals surface area contributed by atoms with Crippen LogP contribution >= 0.6 is 0 Å². The van der Waals surface area contributed by atoms with Crippen LogP contribution in [0, 0.1) is 11.6 Å². The fourth-order valence-electron chi connectivity index (χ4n) is 1.43. The van der Waals surface area contributed by atoms with Gasteiger partial charge in [-0.1, -0.05) is 6.08 Å². The summed E-state index contributed by atoms with van der Waals surface area (Å²) in [5.74, 6) is -3.03. The summed E-state index contributed by atoms with van der Waals surface area (Å²) in [5.41, 5.74) is -0.330. The second-order valence-corrected chi connectivity index (χ2v) is 4.46. The molecule has 1 aromatic carbocycles. The van der Waals surface area contributed by atoms with Gasteiger partial charge in [0.15, 0.2) is 12.2 Å². The average Bonchev–Trinajstić information content (AvgIpc) is 2.48. The normalized spacial score (nSPS) is 13.1. The summed E-state index contributed by atoms with van der Waals surface area (Å²) in [6.45, 7) is 6.37. The number of rotatable bonds is 7. The lowest BCUT2D eigenvalue weighted by Crippen LogP contribution is -2.34. The van der Waals surface area contributed by atoms with Gasteiger partial charge >= 0.3 is 5.97 Å². The van der Waals surface area contributed by atoms with Crippen LogP contribution in [0.15, 0.2) is 30.9 Å². The van der Waals surface area contributed by atoms with Crippen LogP contribution in [0.2, 0.25) is 0 Å². The molecule has 22 heavy (non-hydrogen) atoms. The van der Waals surface area contributed by atoms with E-state index in [-0.39, 0.29) is 12.3 Å². The van der Waals surface area contributed by atoms with Crippen LogP contribution in [0.1, 0.15) is 13.8 Å². The predicted octanol–water partition coefficient (Wildman–Crippen LogP) is 2.43. The highest BCUT2D eigenvalue weighted by Gasteiger charge is 2.23. The molecule has 1 aromatic rings. The number of esters is 1. The van der Waals surface area contributed by atoms with Gasteiger partial charge in [-0.15, -0.1) is 6.58 Å². The molecule has 0 aromatic heterocycles. The van der Waals surface area contributed by atoms with E-state index in [2.05, 4.69) is 11.9 Å². The average molecular weight is 313 g/mol. The number of nitrogens with one attached hydrogen (secondary N) is 1. The van der Waals surface area contributed by atoms with Crippen molar-refractivity contribution in [2.24, 2.45) is 0 Å². The first-order valence-electron chi connectivity index (χ1n) is 6.54. The minimum Gasteiger partial charge on any atom is -0.451 e. The zero-order chi connectivity index (χ0) is 16.7. The maximum atomic E-state index is 13.4. The van der Waals surface area contributed by atoms with E-state index >= 15 is 0 Å². The molecule has 0 spiro atoms. The van der Waals surface area contributed by atoms with E-state index in [1.165, 1.54) is 19.9 Å². The van der Waals surface area contributed by atoms with E-state index in [1.807, 2.05) is 0 Å². The van der Waals surface area contributed by atoms with Gasteiger partial charge in [0, 0.05) is 6.07 Å². The van der Waals surface area contributed by atoms with Crippen molar-refractivity contribution < 1.29 is 27.8 Å². The molecule has 0 aliphatic heterocycles. The van der Waals surface area contributed by atoms with Gasteiger partial charge in [0.05, 0.1) is 12.3 Å². The highest BCUT2D eigenvalue weighted by molar-refractivity contribution is 5.95. The Kier molecular flexibility index (Phi) is 6.65. The molecule has 0 aliphatic carbocycles. The number of benzene rings is 1. The van der Waals surface area contributed by atoms with Crippen LogP contribution in [0.25, 0.3) is 0 Å². The number of hydrogen-bond acceptors (Lipinski definition) is 4. The Bertz CT molecular complexity index is 562. The third-order valence-corrected chi connectivity index (χ3v) is 2.64. The first-order valence-corrected chi connectivity index (χ1v) is 6.54. The Balaban J connectivity index is 2.59.